The lowest BCUT2D eigenvalue weighted by Gasteiger charge is -2.27. The van der Waals surface area contributed by atoms with E-state index in [9.17, 15) is 10.4 Å². The molecule has 0 saturated heterocycles. The molecule has 3 aromatic rings. The normalized spacial score (nSPS) is 11.3. The summed E-state index contributed by atoms with van der Waals surface area (Å²) in [5.41, 5.74) is 2.36. The van der Waals surface area contributed by atoms with Gasteiger partial charge in [-0.25, -0.2) is 0 Å². The van der Waals surface area contributed by atoms with Crippen molar-refractivity contribution in [1.82, 2.24) is 5.23 Å². The summed E-state index contributed by atoms with van der Waals surface area (Å²) in [5, 5.41) is 25.8. The molecule has 0 bridgehead atoms. The van der Waals surface area contributed by atoms with Gasteiger partial charge in [-0.05, 0) is 77.4 Å². The number of benzene rings is 3. The predicted molar refractivity (Wildman–Crippen MR) is 120 cm³/mol. The number of allylic oxidation sites excluding steroid dienone is 1. The highest BCUT2D eigenvalue weighted by molar-refractivity contribution is 5.87. The standard InChI is InChI=1S/C23H22N2O6/c1-5-20(24(26)28-3)13-17-7-10-22(12-16(17)2)30-31-23-11-8-18-14-21(25(27)29-4)9-6-19(18)15-23/h5-15H,1H2,2-4H3/q-2/b20-13+. The first-order valence-electron chi connectivity index (χ1n) is 9.31. The van der Waals surface area contributed by atoms with Gasteiger partial charge in [-0.1, -0.05) is 24.8 Å². The van der Waals surface area contributed by atoms with Crippen LogP contribution in [0.2, 0.25) is 0 Å². The van der Waals surface area contributed by atoms with Crippen LogP contribution in [0.25, 0.3) is 16.8 Å². The molecule has 3 rings (SSSR count). The lowest BCUT2D eigenvalue weighted by molar-refractivity contribution is -0.0998. The number of fused-ring (bicyclic) bond motifs is 1. The van der Waals surface area contributed by atoms with Crippen LogP contribution in [0.4, 0.5) is 5.69 Å². The number of rotatable bonds is 9. The Kier molecular flexibility index (Phi) is 7.11. The Balaban J connectivity index is 1.72. The Morgan fingerprint density at radius 3 is 2.16 bits per heavy atom. The van der Waals surface area contributed by atoms with Crippen molar-refractivity contribution in [3.63, 3.8) is 0 Å². The Morgan fingerprint density at radius 2 is 1.52 bits per heavy atom. The Labute approximate surface area is 180 Å². The first kappa shape index (κ1) is 22.1. The van der Waals surface area contributed by atoms with Crippen LogP contribution in [0.3, 0.4) is 0 Å². The molecule has 0 aliphatic heterocycles. The van der Waals surface area contributed by atoms with E-state index in [0.717, 1.165) is 21.9 Å². The van der Waals surface area contributed by atoms with E-state index in [-0.39, 0.29) is 5.70 Å². The Bertz CT molecular complexity index is 1100. The molecule has 3 aromatic carbocycles. The van der Waals surface area contributed by atoms with Gasteiger partial charge in [0.2, 0.25) is 0 Å². The third kappa shape index (κ3) is 5.33. The van der Waals surface area contributed by atoms with Crippen molar-refractivity contribution in [3.05, 3.63) is 94.5 Å². The highest BCUT2D eigenvalue weighted by Gasteiger charge is 2.05. The van der Waals surface area contributed by atoms with E-state index in [0.29, 0.717) is 27.6 Å². The monoisotopic (exact) mass is 422 g/mol. The lowest BCUT2D eigenvalue weighted by Crippen LogP contribution is -2.11. The van der Waals surface area contributed by atoms with E-state index in [2.05, 4.69) is 16.3 Å². The van der Waals surface area contributed by atoms with E-state index in [1.807, 2.05) is 13.0 Å². The van der Waals surface area contributed by atoms with Gasteiger partial charge in [0, 0.05) is 0 Å². The van der Waals surface area contributed by atoms with Gasteiger partial charge in [0.1, 0.15) is 0 Å². The molecule has 0 aliphatic rings. The van der Waals surface area contributed by atoms with Crippen molar-refractivity contribution in [2.24, 2.45) is 0 Å². The van der Waals surface area contributed by atoms with Gasteiger partial charge in [-0.3, -0.25) is 19.5 Å². The van der Waals surface area contributed by atoms with Crippen molar-refractivity contribution in [3.8, 4) is 11.5 Å². The molecule has 8 heteroatoms. The van der Waals surface area contributed by atoms with Crippen LogP contribution in [0.5, 0.6) is 11.5 Å². The van der Waals surface area contributed by atoms with E-state index in [1.165, 1.54) is 20.3 Å². The second-order valence-electron chi connectivity index (χ2n) is 6.53. The summed E-state index contributed by atoms with van der Waals surface area (Å²) in [5.74, 6) is 1.00. The van der Waals surface area contributed by atoms with Crippen molar-refractivity contribution in [1.29, 1.82) is 0 Å². The van der Waals surface area contributed by atoms with E-state index >= 15 is 0 Å². The molecule has 0 spiro atoms. The van der Waals surface area contributed by atoms with Crippen LogP contribution in [0.15, 0.2) is 72.9 Å². The maximum atomic E-state index is 11.6. The minimum Gasteiger partial charge on any atom is -0.733 e. The number of hydrogen-bond donors (Lipinski definition) is 0. The summed E-state index contributed by atoms with van der Waals surface area (Å²) in [6.45, 7) is 5.50. The number of nitrogens with zero attached hydrogens (tertiary/aromatic N) is 2. The number of aryl methyl sites for hydroxylation is 1. The maximum Gasteiger partial charge on any atom is 0.179 e. The first-order chi connectivity index (χ1) is 14.9. The topological polar surface area (TPSA) is 89.5 Å². The second kappa shape index (κ2) is 9.96. The summed E-state index contributed by atoms with van der Waals surface area (Å²) in [6.07, 6.45) is 3.07. The van der Waals surface area contributed by atoms with E-state index in [1.54, 1.807) is 54.6 Å². The van der Waals surface area contributed by atoms with Gasteiger partial charge >= 0.3 is 0 Å². The minimum atomic E-state index is 0.278. The fourth-order valence-corrected chi connectivity index (χ4v) is 2.89. The fraction of sp³-hybridized carbons (Fsp3) is 0.130. The van der Waals surface area contributed by atoms with Crippen LogP contribution < -0.4 is 15.0 Å². The molecule has 0 N–H and O–H groups in total. The quantitative estimate of drug-likeness (QED) is 0.262. The minimum absolute atomic E-state index is 0.278. The van der Waals surface area contributed by atoms with Crippen LogP contribution in [-0.4, -0.2) is 19.4 Å². The molecule has 0 aromatic heterocycles. The fourth-order valence-electron chi connectivity index (χ4n) is 2.89. The van der Waals surface area contributed by atoms with Crippen molar-refractivity contribution >= 4 is 22.5 Å². The largest absolute Gasteiger partial charge is 0.733 e. The zero-order chi connectivity index (χ0) is 22.4. The summed E-state index contributed by atoms with van der Waals surface area (Å²) in [6, 6.07) is 15.8. The number of hydroxylamine groups is 2. The second-order valence-corrected chi connectivity index (χ2v) is 6.53. The molecule has 8 nitrogen and oxygen atoms in total. The van der Waals surface area contributed by atoms with Crippen LogP contribution in [0, 0.1) is 17.3 Å². The van der Waals surface area contributed by atoms with Crippen molar-refractivity contribution in [2.75, 3.05) is 19.4 Å². The molecule has 0 fully saturated rings. The van der Waals surface area contributed by atoms with E-state index < -0.39 is 0 Å². The van der Waals surface area contributed by atoms with Gasteiger partial charge in [0.05, 0.1) is 25.6 Å². The van der Waals surface area contributed by atoms with E-state index in [4.69, 9.17) is 9.78 Å². The van der Waals surface area contributed by atoms with Crippen LogP contribution in [0.1, 0.15) is 11.1 Å². The van der Waals surface area contributed by atoms with Gasteiger partial charge in [0.25, 0.3) is 0 Å². The van der Waals surface area contributed by atoms with Crippen molar-refractivity contribution < 1.29 is 19.5 Å². The van der Waals surface area contributed by atoms with Gasteiger partial charge in [-0.15, -0.1) is 0 Å². The molecule has 0 saturated carbocycles. The maximum absolute atomic E-state index is 11.6. The zero-order valence-corrected chi connectivity index (χ0v) is 17.4. The SMILES string of the molecule is C=C/C(=C\c1ccc(OOc2ccc3cc(N([O-])OC)ccc3c2)cc1C)N([O-])OC. The smallest absolute Gasteiger partial charge is 0.179 e. The summed E-state index contributed by atoms with van der Waals surface area (Å²) < 4.78 is 0. The molecular weight excluding hydrogens is 400 g/mol. The average molecular weight is 422 g/mol. The molecule has 0 aliphatic carbocycles. The van der Waals surface area contributed by atoms with Crippen LogP contribution in [-0.2, 0) is 9.68 Å². The third-order valence-corrected chi connectivity index (χ3v) is 4.54. The van der Waals surface area contributed by atoms with Crippen LogP contribution >= 0.6 is 0 Å². The molecule has 31 heavy (non-hydrogen) atoms. The predicted octanol–water partition coefficient (Wildman–Crippen LogP) is 5.27. The highest BCUT2D eigenvalue weighted by Crippen LogP contribution is 2.27. The Morgan fingerprint density at radius 1 is 0.871 bits per heavy atom. The summed E-state index contributed by atoms with van der Waals surface area (Å²) >= 11 is 0. The molecule has 0 amide bonds. The molecule has 0 atom stereocenters. The number of hydrogen-bond acceptors (Lipinski definition) is 8. The van der Waals surface area contributed by atoms with Gasteiger partial charge < -0.3 is 20.9 Å². The highest BCUT2D eigenvalue weighted by atomic mass is 17.2. The third-order valence-electron chi connectivity index (χ3n) is 4.54. The lowest BCUT2D eigenvalue weighted by atomic mass is 10.1. The van der Waals surface area contributed by atoms with Gasteiger partial charge in [0.15, 0.2) is 11.5 Å². The Hall–Kier alpha value is -3.56. The molecule has 0 unspecified atom stereocenters. The molecule has 0 radical (unpaired) electrons. The molecular formula is C23H22N2O6-2. The van der Waals surface area contributed by atoms with Gasteiger partial charge in [-0.2, -0.15) is 0 Å². The average Bonchev–Trinajstić information content (AvgIpc) is 2.80. The summed E-state index contributed by atoms with van der Waals surface area (Å²) in [4.78, 5) is 20.2. The molecule has 0 heterocycles. The number of anilines is 1. The summed E-state index contributed by atoms with van der Waals surface area (Å²) in [7, 11) is 2.60. The zero-order valence-electron chi connectivity index (χ0n) is 17.4. The van der Waals surface area contributed by atoms with Crippen molar-refractivity contribution in [2.45, 2.75) is 6.92 Å². The first-order valence-corrected chi connectivity index (χ1v) is 9.31. The molecule has 162 valence electrons.